The van der Waals surface area contributed by atoms with E-state index < -0.39 is 12.0 Å². The maximum atomic E-state index is 12.4. The normalized spacial score (nSPS) is 11.6. The number of hydrogen-bond donors (Lipinski definition) is 2. The quantitative estimate of drug-likeness (QED) is 0.701. The van der Waals surface area contributed by atoms with Crippen molar-refractivity contribution in [1.29, 1.82) is 0 Å². The van der Waals surface area contributed by atoms with Crippen LogP contribution in [0.3, 0.4) is 0 Å². The Labute approximate surface area is 151 Å². The fraction of sp³-hybridized carbons (Fsp3) is 0.263. The number of allylic oxidation sites excluding steroid dienone is 1. The van der Waals surface area contributed by atoms with Crippen LogP contribution in [-0.2, 0) is 4.79 Å². The molecule has 0 bridgehead atoms. The van der Waals surface area contributed by atoms with Gasteiger partial charge < -0.3 is 15.2 Å². The molecule has 1 amide bonds. The van der Waals surface area contributed by atoms with E-state index in [1.54, 1.807) is 19.3 Å². The van der Waals surface area contributed by atoms with Crippen LogP contribution in [0.25, 0.3) is 11.1 Å². The Morgan fingerprint density at radius 3 is 2.60 bits per heavy atom. The van der Waals surface area contributed by atoms with Crippen molar-refractivity contribution in [2.75, 3.05) is 7.11 Å². The van der Waals surface area contributed by atoms with Crippen molar-refractivity contribution in [3.8, 4) is 16.9 Å². The lowest BCUT2D eigenvalue weighted by Gasteiger charge is -2.12. The zero-order valence-electron chi connectivity index (χ0n) is 14.2. The first-order valence-electron chi connectivity index (χ1n) is 7.85. The minimum atomic E-state index is -1.04. The summed E-state index contributed by atoms with van der Waals surface area (Å²) < 4.78 is 5.15. The molecule has 132 valence electrons. The smallest absolute Gasteiger partial charge is 0.326 e. The van der Waals surface area contributed by atoms with Gasteiger partial charge in [-0.3, -0.25) is 4.79 Å². The molecule has 0 aliphatic carbocycles. The molecule has 0 aliphatic heterocycles. The number of benzene rings is 1. The van der Waals surface area contributed by atoms with Gasteiger partial charge in [0, 0.05) is 4.88 Å². The number of carbonyl (C=O) groups is 2. The molecule has 0 aliphatic rings. The Hall–Kier alpha value is -2.60. The van der Waals surface area contributed by atoms with E-state index in [1.807, 2.05) is 31.2 Å². The van der Waals surface area contributed by atoms with Crippen molar-refractivity contribution in [2.24, 2.45) is 0 Å². The largest absolute Gasteiger partial charge is 0.497 e. The van der Waals surface area contributed by atoms with Crippen LogP contribution in [0.5, 0.6) is 5.75 Å². The number of rotatable bonds is 8. The third kappa shape index (κ3) is 4.70. The number of thiophene rings is 1. The molecule has 1 aromatic heterocycles. The van der Waals surface area contributed by atoms with E-state index in [0.717, 1.165) is 21.8 Å². The fourth-order valence-electron chi connectivity index (χ4n) is 2.42. The first-order chi connectivity index (χ1) is 12.0. The van der Waals surface area contributed by atoms with Crippen LogP contribution in [0.2, 0.25) is 0 Å². The van der Waals surface area contributed by atoms with Crippen LogP contribution in [0.1, 0.15) is 27.4 Å². The van der Waals surface area contributed by atoms with Gasteiger partial charge in [-0.1, -0.05) is 18.2 Å². The van der Waals surface area contributed by atoms with E-state index in [-0.39, 0.29) is 5.91 Å². The SMILES string of the molecule is C=CCCC(NC(=O)c1cc(-c2ccc(OC)cc2)c(C)s1)C(=O)O. The summed E-state index contributed by atoms with van der Waals surface area (Å²) in [5.74, 6) is -0.649. The van der Waals surface area contributed by atoms with Crippen molar-refractivity contribution < 1.29 is 19.4 Å². The van der Waals surface area contributed by atoms with Gasteiger partial charge in [0.2, 0.25) is 0 Å². The van der Waals surface area contributed by atoms with Crippen molar-refractivity contribution in [3.05, 3.63) is 52.7 Å². The standard InChI is InChI=1S/C19H21NO4S/c1-4-5-6-16(19(22)23)20-18(21)17-11-15(12(2)25-17)13-7-9-14(24-3)10-8-13/h4,7-11,16H,1,5-6H2,2-3H3,(H,20,21)(H,22,23). The van der Waals surface area contributed by atoms with E-state index in [2.05, 4.69) is 11.9 Å². The minimum Gasteiger partial charge on any atom is -0.497 e. The van der Waals surface area contributed by atoms with Crippen LogP contribution in [-0.4, -0.2) is 30.1 Å². The highest BCUT2D eigenvalue weighted by molar-refractivity contribution is 7.14. The second-order valence-electron chi connectivity index (χ2n) is 5.54. The summed E-state index contributed by atoms with van der Waals surface area (Å²) in [7, 11) is 1.61. The molecule has 1 unspecified atom stereocenters. The molecule has 2 rings (SSSR count). The molecule has 1 aromatic carbocycles. The molecule has 0 fully saturated rings. The number of carboxylic acids is 1. The summed E-state index contributed by atoms with van der Waals surface area (Å²) in [4.78, 5) is 25.2. The third-order valence-electron chi connectivity index (χ3n) is 3.81. The summed E-state index contributed by atoms with van der Waals surface area (Å²) in [6.45, 7) is 5.52. The van der Waals surface area contributed by atoms with Crippen molar-refractivity contribution in [1.82, 2.24) is 5.32 Å². The lowest BCUT2D eigenvalue weighted by Crippen LogP contribution is -2.40. The molecule has 0 spiro atoms. The van der Waals surface area contributed by atoms with Crippen LogP contribution in [0, 0.1) is 6.92 Å². The van der Waals surface area contributed by atoms with Gasteiger partial charge in [0.05, 0.1) is 12.0 Å². The lowest BCUT2D eigenvalue weighted by molar-refractivity contribution is -0.139. The number of nitrogens with one attached hydrogen (secondary N) is 1. The highest BCUT2D eigenvalue weighted by atomic mass is 32.1. The monoisotopic (exact) mass is 359 g/mol. The lowest BCUT2D eigenvalue weighted by atomic mass is 10.1. The molecule has 25 heavy (non-hydrogen) atoms. The minimum absolute atomic E-state index is 0.320. The zero-order valence-corrected chi connectivity index (χ0v) is 15.1. The van der Waals surface area contributed by atoms with Gasteiger partial charge in [-0.15, -0.1) is 17.9 Å². The molecule has 0 saturated heterocycles. The van der Waals surface area contributed by atoms with Crippen molar-refractivity contribution in [2.45, 2.75) is 25.8 Å². The van der Waals surface area contributed by atoms with E-state index in [4.69, 9.17) is 4.74 Å². The third-order valence-corrected chi connectivity index (χ3v) is 4.85. The first kappa shape index (κ1) is 18.7. The fourth-order valence-corrected chi connectivity index (χ4v) is 3.37. The number of amides is 1. The number of methoxy groups -OCH3 is 1. The number of ether oxygens (including phenoxy) is 1. The Balaban J connectivity index is 2.18. The van der Waals surface area contributed by atoms with Gasteiger partial charge in [-0.25, -0.2) is 4.79 Å². The summed E-state index contributed by atoms with van der Waals surface area (Å²) in [6, 6.07) is 8.46. The Kier molecular flexibility index (Phi) is 6.36. The average molecular weight is 359 g/mol. The zero-order chi connectivity index (χ0) is 18.4. The Bertz CT molecular complexity index is 764. The predicted octanol–water partition coefficient (Wildman–Crippen LogP) is 3.88. The molecule has 6 heteroatoms. The number of carboxylic acid groups (broad SMARTS) is 1. The van der Waals surface area contributed by atoms with E-state index >= 15 is 0 Å². The van der Waals surface area contributed by atoms with Crippen LogP contribution in [0.15, 0.2) is 43.0 Å². The molecule has 1 heterocycles. The maximum Gasteiger partial charge on any atom is 0.326 e. The summed E-state index contributed by atoms with van der Waals surface area (Å²) >= 11 is 1.35. The van der Waals surface area contributed by atoms with Gasteiger partial charge in [0.1, 0.15) is 11.8 Å². The van der Waals surface area contributed by atoms with Crippen molar-refractivity contribution in [3.63, 3.8) is 0 Å². The molecule has 1 atom stereocenters. The number of aliphatic carboxylic acids is 1. The molecular weight excluding hydrogens is 338 g/mol. The van der Waals surface area contributed by atoms with Gasteiger partial charge >= 0.3 is 5.97 Å². The highest BCUT2D eigenvalue weighted by Crippen LogP contribution is 2.32. The molecule has 2 N–H and O–H groups in total. The average Bonchev–Trinajstić information content (AvgIpc) is 3.00. The molecule has 0 radical (unpaired) electrons. The predicted molar refractivity (Wildman–Crippen MR) is 99.4 cm³/mol. The Morgan fingerprint density at radius 1 is 1.36 bits per heavy atom. The number of hydrogen-bond acceptors (Lipinski definition) is 4. The van der Waals surface area contributed by atoms with E-state index in [1.165, 1.54) is 11.3 Å². The van der Waals surface area contributed by atoms with Gasteiger partial charge in [-0.05, 0) is 49.1 Å². The van der Waals surface area contributed by atoms with E-state index in [0.29, 0.717) is 17.7 Å². The number of carbonyl (C=O) groups excluding carboxylic acids is 1. The molecule has 2 aromatic rings. The Morgan fingerprint density at radius 2 is 2.04 bits per heavy atom. The summed E-state index contributed by atoms with van der Waals surface area (Å²) in [5, 5.41) is 11.8. The molecule has 5 nitrogen and oxygen atoms in total. The first-order valence-corrected chi connectivity index (χ1v) is 8.67. The van der Waals surface area contributed by atoms with Crippen molar-refractivity contribution >= 4 is 23.2 Å². The van der Waals surface area contributed by atoms with E-state index in [9.17, 15) is 14.7 Å². The van der Waals surface area contributed by atoms with Gasteiger partial charge in [0.15, 0.2) is 0 Å². The van der Waals surface area contributed by atoms with Crippen LogP contribution in [0.4, 0.5) is 0 Å². The van der Waals surface area contributed by atoms with Crippen LogP contribution >= 0.6 is 11.3 Å². The summed E-state index contributed by atoms with van der Waals surface area (Å²) in [5.41, 5.74) is 1.94. The van der Waals surface area contributed by atoms with Crippen LogP contribution < -0.4 is 10.1 Å². The second-order valence-corrected chi connectivity index (χ2v) is 6.80. The van der Waals surface area contributed by atoms with Gasteiger partial charge in [-0.2, -0.15) is 0 Å². The molecule has 0 saturated carbocycles. The topological polar surface area (TPSA) is 75.6 Å². The number of aryl methyl sites for hydroxylation is 1. The maximum absolute atomic E-state index is 12.4. The molecular formula is C19H21NO4S. The summed E-state index contributed by atoms with van der Waals surface area (Å²) in [6.07, 6.45) is 2.48. The second kappa shape index (κ2) is 8.48. The van der Waals surface area contributed by atoms with Gasteiger partial charge in [0.25, 0.3) is 5.91 Å². The highest BCUT2D eigenvalue weighted by Gasteiger charge is 2.21.